The van der Waals surface area contributed by atoms with Gasteiger partial charge in [-0.2, -0.15) is 0 Å². The second-order valence-corrected chi connectivity index (χ2v) is 7.37. The number of nitrogens with one attached hydrogen (secondary N) is 1. The largest absolute Gasteiger partial charge is 0.394 e. The minimum atomic E-state index is -3.48. The maximum Gasteiger partial charge on any atom is 0.241 e. The fourth-order valence-corrected chi connectivity index (χ4v) is 1.22. The number of hydrogen-bond donors (Lipinski definition) is 2. The number of aliphatic hydroxyl groups excluding tert-OH is 1. The molecule has 0 heterocycles. The van der Waals surface area contributed by atoms with E-state index in [9.17, 15) is 13.2 Å². The number of carbonyl (C=O) groups excluding carboxylic acids is 1. The van der Waals surface area contributed by atoms with Gasteiger partial charge in [0.15, 0.2) is 9.84 Å². The molecule has 6 heteroatoms. The van der Waals surface area contributed by atoms with E-state index in [1.54, 1.807) is 6.92 Å². The zero-order chi connectivity index (χ0) is 13.2. The lowest BCUT2D eigenvalue weighted by Crippen LogP contribution is -2.56. The zero-order valence-electron chi connectivity index (χ0n) is 10.5. The standard InChI is InChI=1S/C10H21NO4S/c1-6-10(4,7-12)11-8(13)9(2,3)16(5,14)15/h12H,6-7H2,1-5H3,(H,11,13). The van der Waals surface area contributed by atoms with Crippen LogP contribution in [0.15, 0.2) is 0 Å². The van der Waals surface area contributed by atoms with Crippen molar-refractivity contribution in [3.8, 4) is 0 Å². The summed E-state index contributed by atoms with van der Waals surface area (Å²) >= 11 is 0. The van der Waals surface area contributed by atoms with Crippen LogP contribution in [0, 0.1) is 0 Å². The van der Waals surface area contributed by atoms with Crippen LogP contribution in [0.25, 0.3) is 0 Å². The Labute approximate surface area is 97.2 Å². The van der Waals surface area contributed by atoms with Crippen molar-refractivity contribution in [1.82, 2.24) is 5.32 Å². The Morgan fingerprint density at radius 3 is 2.00 bits per heavy atom. The number of rotatable bonds is 5. The molecular weight excluding hydrogens is 230 g/mol. The Balaban J connectivity index is 4.98. The highest BCUT2D eigenvalue weighted by Gasteiger charge is 2.40. The summed E-state index contributed by atoms with van der Waals surface area (Å²) in [5.41, 5.74) is -0.779. The normalized spacial score (nSPS) is 16.6. The lowest BCUT2D eigenvalue weighted by atomic mass is 9.99. The van der Waals surface area contributed by atoms with Gasteiger partial charge >= 0.3 is 0 Å². The summed E-state index contributed by atoms with van der Waals surface area (Å²) < 4.78 is 21.4. The Hall–Kier alpha value is -0.620. The van der Waals surface area contributed by atoms with E-state index in [0.717, 1.165) is 6.26 Å². The van der Waals surface area contributed by atoms with Crippen molar-refractivity contribution >= 4 is 15.7 Å². The van der Waals surface area contributed by atoms with Crippen molar-refractivity contribution in [2.75, 3.05) is 12.9 Å². The molecule has 0 aromatic rings. The van der Waals surface area contributed by atoms with E-state index >= 15 is 0 Å². The summed E-state index contributed by atoms with van der Waals surface area (Å²) in [7, 11) is -3.48. The first kappa shape index (κ1) is 15.4. The van der Waals surface area contributed by atoms with Crippen molar-refractivity contribution in [2.24, 2.45) is 0 Å². The molecule has 0 aromatic heterocycles. The van der Waals surface area contributed by atoms with Gasteiger partial charge in [0, 0.05) is 6.26 Å². The summed E-state index contributed by atoms with van der Waals surface area (Å²) in [4.78, 5) is 11.8. The molecule has 0 radical (unpaired) electrons. The molecule has 5 nitrogen and oxygen atoms in total. The molecule has 0 spiro atoms. The molecule has 0 saturated heterocycles. The number of amides is 1. The van der Waals surface area contributed by atoms with Crippen LogP contribution in [-0.2, 0) is 14.6 Å². The lowest BCUT2D eigenvalue weighted by molar-refractivity contribution is -0.125. The Bertz CT molecular complexity index is 355. The highest BCUT2D eigenvalue weighted by molar-refractivity contribution is 7.92. The van der Waals surface area contributed by atoms with Gasteiger partial charge in [-0.1, -0.05) is 6.92 Å². The molecule has 0 aliphatic carbocycles. The van der Waals surface area contributed by atoms with Crippen LogP contribution in [0.2, 0.25) is 0 Å². The minimum absolute atomic E-state index is 0.227. The molecule has 1 amide bonds. The number of carbonyl (C=O) groups is 1. The van der Waals surface area contributed by atoms with E-state index in [2.05, 4.69) is 5.32 Å². The van der Waals surface area contributed by atoms with E-state index in [1.165, 1.54) is 13.8 Å². The van der Waals surface area contributed by atoms with Crippen molar-refractivity contribution in [3.63, 3.8) is 0 Å². The number of aliphatic hydroxyl groups is 1. The van der Waals surface area contributed by atoms with Gasteiger partial charge in [0.2, 0.25) is 5.91 Å². The van der Waals surface area contributed by atoms with E-state index in [-0.39, 0.29) is 6.61 Å². The molecular formula is C10H21NO4S. The smallest absolute Gasteiger partial charge is 0.241 e. The fourth-order valence-electron chi connectivity index (χ4n) is 0.833. The van der Waals surface area contributed by atoms with E-state index < -0.39 is 26.0 Å². The number of hydrogen-bond acceptors (Lipinski definition) is 4. The first-order valence-corrected chi connectivity index (χ1v) is 7.02. The van der Waals surface area contributed by atoms with Gasteiger partial charge < -0.3 is 10.4 Å². The molecule has 0 aliphatic rings. The maximum absolute atomic E-state index is 11.8. The molecule has 0 bridgehead atoms. The third kappa shape index (κ3) is 3.18. The molecule has 0 aliphatic heterocycles. The van der Waals surface area contributed by atoms with Crippen LogP contribution >= 0.6 is 0 Å². The van der Waals surface area contributed by atoms with Gasteiger partial charge in [0.1, 0.15) is 4.75 Å². The van der Waals surface area contributed by atoms with E-state index in [1.807, 2.05) is 6.92 Å². The second-order valence-electron chi connectivity index (χ2n) is 4.81. The third-order valence-corrected chi connectivity index (χ3v) is 5.06. The summed E-state index contributed by atoms with van der Waals surface area (Å²) in [6.07, 6.45) is 1.55. The van der Waals surface area contributed by atoms with Crippen LogP contribution in [0.5, 0.6) is 0 Å². The van der Waals surface area contributed by atoms with Crippen molar-refractivity contribution in [2.45, 2.75) is 44.4 Å². The quantitative estimate of drug-likeness (QED) is 0.725. The van der Waals surface area contributed by atoms with E-state index in [4.69, 9.17) is 5.11 Å². The molecule has 0 saturated carbocycles. The van der Waals surface area contributed by atoms with Crippen LogP contribution in [0.3, 0.4) is 0 Å². The Morgan fingerprint density at radius 2 is 1.75 bits per heavy atom. The van der Waals surface area contributed by atoms with Crippen LogP contribution in [0.1, 0.15) is 34.1 Å². The van der Waals surface area contributed by atoms with Crippen LogP contribution in [-0.4, -0.2) is 42.6 Å². The molecule has 0 rings (SSSR count). The lowest BCUT2D eigenvalue weighted by Gasteiger charge is -2.31. The molecule has 16 heavy (non-hydrogen) atoms. The molecule has 0 fully saturated rings. The van der Waals surface area contributed by atoms with E-state index in [0.29, 0.717) is 6.42 Å². The Kier molecular flexibility index (Phi) is 4.53. The SMILES string of the molecule is CCC(C)(CO)NC(=O)C(C)(C)S(C)(=O)=O. The van der Waals surface area contributed by atoms with Gasteiger partial charge in [-0.05, 0) is 27.2 Å². The summed E-state index contributed by atoms with van der Waals surface area (Å²) in [6, 6.07) is 0. The highest BCUT2D eigenvalue weighted by Crippen LogP contribution is 2.18. The van der Waals surface area contributed by atoms with Crippen molar-refractivity contribution in [1.29, 1.82) is 0 Å². The van der Waals surface area contributed by atoms with Gasteiger partial charge in [-0.3, -0.25) is 4.79 Å². The third-order valence-electron chi connectivity index (χ3n) is 3.02. The maximum atomic E-state index is 11.8. The molecule has 2 N–H and O–H groups in total. The number of sulfone groups is 1. The average molecular weight is 251 g/mol. The predicted octanol–water partition coefficient (Wildman–Crippen LogP) is 0.0868. The van der Waals surface area contributed by atoms with Gasteiger partial charge in [0.05, 0.1) is 12.1 Å². The Morgan fingerprint density at radius 1 is 1.31 bits per heavy atom. The predicted molar refractivity (Wildman–Crippen MR) is 62.8 cm³/mol. The van der Waals surface area contributed by atoms with Crippen molar-refractivity contribution in [3.05, 3.63) is 0 Å². The van der Waals surface area contributed by atoms with Crippen LogP contribution < -0.4 is 5.32 Å². The molecule has 1 unspecified atom stereocenters. The molecule has 0 aromatic carbocycles. The summed E-state index contributed by atoms with van der Waals surface area (Å²) in [6.45, 7) is 5.96. The summed E-state index contributed by atoms with van der Waals surface area (Å²) in [5.74, 6) is -0.589. The molecule has 96 valence electrons. The fraction of sp³-hybridized carbons (Fsp3) is 0.900. The second kappa shape index (κ2) is 4.71. The first-order valence-electron chi connectivity index (χ1n) is 5.13. The van der Waals surface area contributed by atoms with Gasteiger partial charge in [0.25, 0.3) is 0 Å². The van der Waals surface area contributed by atoms with Gasteiger partial charge in [-0.15, -0.1) is 0 Å². The van der Waals surface area contributed by atoms with Crippen molar-refractivity contribution < 1.29 is 18.3 Å². The first-order chi connectivity index (χ1) is 7.00. The van der Waals surface area contributed by atoms with Gasteiger partial charge in [-0.25, -0.2) is 8.42 Å². The van der Waals surface area contributed by atoms with Crippen LogP contribution in [0.4, 0.5) is 0 Å². The molecule has 1 atom stereocenters. The zero-order valence-corrected chi connectivity index (χ0v) is 11.3. The minimum Gasteiger partial charge on any atom is -0.394 e. The summed E-state index contributed by atoms with van der Waals surface area (Å²) in [5, 5.41) is 11.7. The monoisotopic (exact) mass is 251 g/mol. The highest BCUT2D eigenvalue weighted by atomic mass is 32.2. The topological polar surface area (TPSA) is 83.5 Å². The average Bonchev–Trinajstić information content (AvgIpc) is 2.15.